The Morgan fingerprint density at radius 3 is 2.65 bits per heavy atom. The van der Waals surface area contributed by atoms with E-state index in [4.69, 9.17) is 10.8 Å². The van der Waals surface area contributed by atoms with Crippen LogP contribution in [0.2, 0.25) is 0 Å². The average molecular weight is 316 g/mol. The number of nitrogens with one attached hydrogen (secondary N) is 1. The summed E-state index contributed by atoms with van der Waals surface area (Å²) in [5, 5.41) is 9.07. The van der Waals surface area contributed by atoms with Crippen LogP contribution in [0.3, 0.4) is 0 Å². The minimum atomic E-state index is -3.89. The average Bonchev–Trinajstić information content (AvgIpc) is 3.17. The Labute approximate surface area is 121 Å². The van der Waals surface area contributed by atoms with E-state index in [1.807, 2.05) is 6.26 Å². The molecule has 20 heavy (non-hydrogen) atoms. The molecule has 0 spiro atoms. The number of carboxylic acids is 1. The molecule has 1 fully saturated rings. The fourth-order valence-electron chi connectivity index (χ4n) is 1.83. The van der Waals surface area contributed by atoms with Gasteiger partial charge < -0.3 is 10.8 Å². The Hall–Kier alpha value is -1.25. The second-order valence-corrected chi connectivity index (χ2v) is 7.78. The highest BCUT2D eigenvalue weighted by atomic mass is 32.2. The molecule has 0 aliphatic heterocycles. The molecule has 1 aromatic carbocycles. The van der Waals surface area contributed by atoms with E-state index in [0.717, 1.165) is 12.8 Å². The van der Waals surface area contributed by atoms with Crippen molar-refractivity contribution in [3.8, 4) is 0 Å². The molecule has 6 nitrogen and oxygen atoms in total. The number of thioether (sulfide) groups is 1. The molecule has 0 radical (unpaired) electrons. The summed E-state index contributed by atoms with van der Waals surface area (Å²) in [6, 6.07) is 3.74. The maximum Gasteiger partial charge on any atom is 0.337 e. The van der Waals surface area contributed by atoms with E-state index in [9.17, 15) is 13.2 Å². The molecule has 2 rings (SSSR count). The van der Waals surface area contributed by atoms with Gasteiger partial charge in [-0.15, -0.1) is 0 Å². The predicted molar refractivity (Wildman–Crippen MR) is 78.5 cm³/mol. The van der Waals surface area contributed by atoms with Gasteiger partial charge >= 0.3 is 5.97 Å². The normalized spacial score (nSPS) is 16.9. The number of nitrogens with two attached hydrogens (primary N) is 1. The molecule has 1 aliphatic rings. The molecule has 1 aliphatic carbocycles. The molecule has 4 N–H and O–H groups in total. The molecule has 1 saturated carbocycles. The Kier molecular flexibility index (Phi) is 3.99. The number of hydrogen-bond acceptors (Lipinski definition) is 5. The number of carbonyl (C=O) groups is 1. The summed E-state index contributed by atoms with van der Waals surface area (Å²) in [5.41, 5.74) is 5.49. The second kappa shape index (κ2) is 5.27. The highest BCUT2D eigenvalue weighted by Gasteiger charge is 2.42. The zero-order chi connectivity index (χ0) is 15.0. The van der Waals surface area contributed by atoms with Crippen LogP contribution in [0, 0.1) is 0 Å². The van der Waals surface area contributed by atoms with Crippen LogP contribution < -0.4 is 10.5 Å². The van der Waals surface area contributed by atoms with E-state index in [1.165, 1.54) is 18.2 Å². The van der Waals surface area contributed by atoms with Gasteiger partial charge in [-0.05, 0) is 37.3 Å². The molecular weight excluding hydrogens is 300 g/mol. The summed E-state index contributed by atoms with van der Waals surface area (Å²) in [5.74, 6) is -1.30. The zero-order valence-electron chi connectivity index (χ0n) is 10.9. The number of carboxylic acid groups (broad SMARTS) is 1. The van der Waals surface area contributed by atoms with E-state index in [-0.39, 0.29) is 20.9 Å². The van der Waals surface area contributed by atoms with Crippen molar-refractivity contribution in [1.29, 1.82) is 0 Å². The Morgan fingerprint density at radius 2 is 2.15 bits per heavy atom. The van der Waals surface area contributed by atoms with Crippen molar-refractivity contribution in [3.63, 3.8) is 0 Å². The van der Waals surface area contributed by atoms with E-state index in [2.05, 4.69) is 4.72 Å². The SMILES string of the molecule is CSC1(CNS(=O)(=O)c2cc(N)ccc2C(=O)O)CC1. The number of benzene rings is 1. The Bertz CT molecular complexity index is 639. The van der Waals surface area contributed by atoms with Crippen molar-refractivity contribution in [1.82, 2.24) is 4.72 Å². The molecule has 0 amide bonds. The van der Waals surface area contributed by atoms with Crippen LogP contribution in [0.15, 0.2) is 23.1 Å². The quantitative estimate of drug-likeness (QED) is 0.679. The Balaban J connectivity index is 2.29. The number of anilines is 1. The van der Waals surface area contributed by atoms with Crippen LogP contribution >= 0.6 is 11.8 Å². The van der Waals surface area contributed by atoms with Crippen molar-refractivity contribution in [3.05, 3.63) is 23.8 Å². The van der Waals surface area contributed by atoms with Crippen molar-refractivity contribution in [2.24, 2.45) is 0 Å². The van der Waals surface area contributed by atoms with Crippen molar-refractivity contribution in [2.75, 3.05) is 18.5 Å². The first-order chi connectivity index (χ1) is 9.30. The lowest BCUT2D eigenvalue weighted by Gasteiger charge is -2.14. The van der Waals surface area contributed by atoms with E-state index in [1.54, 1.807) is 11.8 Å². The van der Waals surface area contributed by atoms with Gasteiger partial charge in [0.2, 0.25) is 10.0 Å². The van der Waals surface area contributed by atoms with Crippen LogP contribution in [0.5, 0.6) is 0 Å². The fraction of sp³-hybridized carbons (Fsp3) is 0.417. The standard InChI is InChI=1S/C12H16N2O4S2/c1-19-12(4-5-12)7-14-20(17,18)10-6-8(13)2-3-9(10)11(15)16/h2-3,6,14H,4-5,7,13H2,1H3,(H,15,16). The molecule has 8 heteroatoms. The summed E-state index contributed by atoms with van der Waals surface area (Å²) in [6.07, 6.45) is 3.85. The maximum absolute atomic E-state index is 12.3. The van der Waals surface area contributed by atoms with E-state index < -0.39 is 16.0 Å². The van der Waals surface area contributed by atoms with Gasteiger partial charge in [-0.3, -0.25) is 0 Å². The first kappa shape index (κ1) is 15.1. The number of nitrogen functional groups attached to an aromatic ring is 1. The minimum Gasteiger partial charge on any atom is -0.478 e. The van der Waals surface area contributed by atoms with Gasteiger partial charge in [0.1, 0.15) is 0 Å². The molecule has 0 atom stereocenters. The number of aromatic carboxylic acids is 1. The summed E-state index contributed by atoms with van der Waals surface area (Å²) in [7, 11) is -3.89. The summed E-state index contributed by atoms with van der Waals surface area (Å²) >= 11 is 1.62. The van der Waals surface area contributed by atoms with E-state index >= 15 is 0 Å². The maximum atomic E-state index is 12.3. The second-order valence-electron chi connectivity index (χ2n) is 4.77. The lowest BCUT2D eigenvalue weighted by Crippen LogP contribution is -2.32. The molecule has 0 bridgehead atoms. The molecule has 0 unspecified atom stereocenters. The monoisotopic (exact) mass is 316 g/mol. The lowest BCUT2D eigenvalue weighted by molar-refractivity contribution is 0.0692. The van der Waals surface area contributed by atoms with Crippen molar-refractivity contribution < 1.29 is 18.3 Å². The van der Waals surface area contributed by atoms with Crippen LogP contribution in [0.25, 0.3) is 0 Å². The van der Waals surface area contributed by atoms with E-state index in [0.29, 0.717) is 6.54 Å². The topological polar surface area (TPSA) is 109 Å². The van der Waals surface area contributed by atoms with Gasteiger partial charge in [0.15, 0.2) is 0 Å². The van der Waals surface area contributed by atoms with Crippen LogP contribution in [0.4, 0.5) is 5.69 Å². The summed E-state index contributed by atoms with van der Waals surface area (Å²) < 4.78 is 27.0. The molecule has 0 aromatic heterocycles. The minimum absolute atomic E-state index is 0.0449. The lowest BCUT2D eigenvalue weighted by atomic mass is 10.2. The van der Waals surface area contributed by atoms with Gasteiger partial charge in [-0.2, -0.15) is 11.8 Å². The molecule has 0 heterocycles. The third kappa shape index (κ3) is 3.08. The first-order valence-corrected chi connectivity index (χ1v) is 8.68. The van der Waals surface area contributed by atoms with Gasteiger partial charge in [0.25, 0.3) is 0 Å². The molecule has 1 aromatic rings. The smallest absolute Gasteiger partial charge is 0.337 e. The largest absolute Gasteiger partial charge is 0.478 e. The molecular formula is C12H16N2O4S2. The van der Waals surface area contributed by atoms with Crippen molar-refractivity contribution in [2.45, 2.75) is 22.5 Å². The number of sulfonamides is 1. The zero-order valence-corrected chi connectivity index (χ0v) is 12.6. The number of rotatable bonds is 6. The van der Waals surface area contributed by atoms with Gasteiger partial charge in [-0.25, -0.2) is 17.9 Å². The predicted octanol–water partition coefficient (Wildman–Crippen LogP) is 1.14. The Morgan fingerprint density at radius 1 is 1.50 bits per heavy atom. The van der Waals surface area contributed by atoms with Gasteiger partial charge in [0.05, 0.1) is 10.5 Å². The molecule has 0 saturated heterocycles. The van der Waals surface area contributed by atoms with Crippen LogP contribution in [-0.2, 0) is 10.0 Å². The first-order valence-electron chi connectivity index (χ1n) is 5.97. The fourth-order valence-corrected chi connectivity index (χ4v) is 4.01. The van der Waals surface area contributed by atoms with Crippen LogP contribution in [0.1, 0.15) is 23.2 Å². The summed E-state index contributed by atoms with van der Waals surface area (Å²) in [4.78, 5) is 10.8. The van der Waals surface area contributed by atoms with Crippen LogP contribution in [-0.4, -0.2) is 37.0 Å². The van der Waals surface area contributed by atoms with Gasteiger partial charge in [-0.1, -0.05) is 0 Å². The molecule has 110 valence electrons. The van der Waals surface area contributed by atoms with Gasteiger partial charge in [0, 0.05) is 17.0 Å². The number of hydrogen-bond donors (Lipinski definition) is 3. The highest BCUT2D eigenvalue weighted by Crippen LogP contribution is 2.46. The summed E-state index contributed by atoms with van der Waals surface area (Å²) in [6.45, 7) is 0.296. The van der Waals surface area contributed by atoms with Crippen molar-refractivity contribution >= 4 is 33.4 Å². The third-order valence-electron chi connectivity index (χ3n) is 3.35. The highest BCUT2D eigenvalue weighted by molar-refractivity contribution is 8.00. The third-order valence-corrected chi connectivity index (χ3v) is 6.21.